The van der Waals surface area contributed by atoms with E-state index in [1.54, 1.807) is 0 Å². The van der Waals surface area contributed by atoms with Gasteiger partial charge in [0.1, 0.15) is 17.6 Å². The first-order valence-corrected chi connectivity index (χ1v) is 9.60. The second-order valence-electron chi connectivity index (χ2n) is 7.64. The van der Waals surface area contributed by atoms with Gasteiger partial charge in [-0.25, -0.2) is 4.48 Å². The fourth-order valence-corrected chi connectivity index (χ4v) is 4.45. The number of aryl methyl sites for hydroxylation is 1. The topological polar surface area (TPSA) is 58.3 Å². The molecule has 0 spiro atoms. The van der Waals surface area contributed by atoms with Gasteiger partial charge >= 0.3 is 0 Å². The molecule has 0 saturated carbocycles. The number of unbranched alkanes of at least 4 members (excludes halogenated alkanes) is 1. The largest absolute Gasteiger partial charge is 0.393 e. The molecule has 0 aromatic carbocycles. The van der Waals surface area contributed by atoms with Crippen molar-refractivity contribution in [2.45, 2.75) is 19.8 Å². The van der Waals surface area contributed by atoms with E-state index in [0.717, 1.165) is 29.9 Å². The number of quaternary nitrogens is 1. The maximum Gasteiger partial charge on any atom is 0.177 e. The van der Waals surface area contributed by atoms with E-state index in [9.17, 15) is 0 Å². The SMILES string of the molecule is Cc1nncc2c1[N+]1(CCCCN3CCN(C)CC3)C=CC=CC1=C2N. The molecule has 1 atom stereocenters. The molecule has 6 nitrogen and oxygen atoms in total. The van der Waals surface area contributed by atoms with E-state index in [1.165, 1.54) is 50.5 Å². The van der Waals surface area contributed by atoms with Gasteiger partial charge in [-0.05, 0) is 39.4 Å². The van der Waals surface area contributed by atoms with E-state index in [2.05, 4.69) is 51.5 Å². The summed E-state index contributed by atoms with van der Waals surface area (Å²) in [5, 5.41) is 8.44. The van der Waals surface area contributed by atoms with Crippen molar-refractivity contribution < 1.29 is 0 Å². The maximum absolute atomic E-state index is 6.49. The summed E-state index contributed by atoms with van der Waals surface area (Å²) in [6.07, 6.45) is 12.8. The first-order chi connectivity index (χ1) is 12.6. The lowest BCUT2D eigenvalue weighted by Crippen LogP contribution is -2.45. The molecule has 3 aliphatic heterocycles. The fraction of sp³-hybridized carbons (Fsp3) is 0.500. The molecule has 0 radical (unpaired) electrons. The van der Waals surface area contributed by atoms with Crippen LogP contribution in [0.3, 0.4) is 0 Å². The monoisotopic (exact) mass is 353 g/mol. The Morgan fingerprint density at radius 2 is 1.96 bits per heavy atom. The highest BCUT2D eigenvalue weighted by Crippen LogP contribution is 2.46. The molecule has 138 valence electrons. The molecule has 1 aromatic heterocycles. The third kappa shape index (κ3) is 2.88. The number of likely N-dealkylation sites (N-methyl/N-ethyl adjacent to an activating group) is 1. The molecule has 4 rings (SSSR count). The smallest absolute Gasteiger partial charge is 0.177 e. The van der Waals surface area contributed by atoms with E-state index in [1.807, 2.05) is 13.1 Å². The quantitative estimate of drug-likeness (QED) is 0.647. The third-order valence-electron chi connectivity index (χ3n) is 5.92. The van der Waals surface area contributed by atoms with Crippen molar-refractivity contribution in [2.24, 2.45) is 5.73 Å². The Labute approximate surface area is 155 Å². The standard InChI is InChI=1S/C20H29N6/c1-16-20-17(15-22-23-16)19(21)18-7-3-5-13-26(18,20)14-6-4-8-25-11-9-24(2)10-12-25/h3,5,7,13,15H,4,6,8-12,14,21H2,1-2H3/q+1. The van der Waals surface area contributed by atoms with Crippen LogP contribution in [0.2, 0.25) is 0 Å². The summed E-state index contributed by atoms with van der Waals surface area (Å²) in [5.74, 6) is 0. The van der Waals surface area contributed by atoms with Crippen LogP contribution in [0.1, 0.15) is 24.1 Å². The Hall–Kier alpha value is -2.02. The molecule has 1 unspecified atom stereocenters. The zero-order valence-electron chi connectivity index (χ0n) is 15.9. The van der Waals surface area contributed by atoms with Crippen LogP contribution < -0.4 is 10.2 Å². The summed E-state index contributed by atoms with van der Waals surface area (Å²) in [4.78, 5) is 5.00. The predicted molar refractivity (Wildman–Crippen MR) is 106 cm³/mol. The summed E-state index contributed by atoms with van der Waals surface area (Å²) in [7, 11) is 2.21. The Morgan fingerprint density at radius 3 is 2.77 bits per heavy atom. The number of fused-ring (bicyclic) bond motifs is 3. The minimum Gasteiger partial charge on any atom is -0.393 e. The summed E-state index contributed by atoms with van der Waals surface area (Å²) >= 11 is 0. The number of nitrogens with two attached hydrogens (primary N) is 1. The van der Waals surface area contributed by atoms with E-state index in [4.69, 9.17) is 5.73 Å². The number of hydrogen-bond acceptors (Lipinski definition) is 5. The van der Waals surface area contributed by atoms with Crippen molar-refractivity contribution in [2.75, 3.05) is 46.3 Å². The van der Waals surface area contributed by atoms with E-state index < -0.39 is 0 Å². The van der Waals surface area contributed by atoms with Crippen molar-refractivity contribution in [3.63, 3.8) is 0 Å². The van der Waals surface area contributed by atoms with Gasteiger partial charge in [-0.1, -0.05) is 6.08 Å². The van der Waals surface area contributed by atoms with Crippen LogP contribution in [0.15, 0.2) is 36.3 Å². The molecular formula is C20H29N6+. The molecule has 0 aliphatic carbocycles. The molecule has 0 bridgehead atoms. The average molecular weight is 353 g/mol. The molecule has 1 saturated heterocycles. The Morgan fingerprint density at radius 1 is 1.15 bits per heavy atom. The van der Waals surface area contributed by atoms with E-state index in [-0.39, 0.29) is 0 Å². The van der Waals surface area contributed by atoms with Crippen LogP contribution in [0, 0.1) is 6.92 Å². The number of hydrogen-bond donors (Lipinski definition) is 1. The molecular weight excluding hydrogens is 324 g/mol. The van der Waals surface area contributed by atoms with Gasteiger partial charge in [-0.2, -0.15) is 5.10 Å². The normalized spacial score (nSPS) is 25.6. The highest BCUT2D eigenvalue weighted by Gasteiger charge is 2.45. The van der Waals surface area contributed by atoms with Crippen molar-refractivity contribution in [3.05, 3.63) is 47.6 Å². The summed E-state index contributed by atoms with van der Waals surface area (Å²) in [5.41, 5.74) is 11.7. The van der Waals surface area contributed by atoms with Crippen molar-refractivity contribution in [1.82, 2.24) is 24.5 Å². The highest BCUT2D eigenvalue weighted by atomic mass is 15.4. The van der Waals surface area contributed by atoms with Gasteiger partial charge in [0.25, 0.3) is 0 Å². The number of nitrogens with zero attached hydrogens (tertiary/aromatic N) is 5. The van der Waals surface area contributed by atoms with Crippen molar-refractivity contribution in [1.29, 1.82) is 0 Å². The van der Waals surface area contributed by atoms with Crippen LogP contribution >= 0.6 is 0 Å². The van der Waals surface area contributed by atoms with Gasteiger partial charge in [0.2, 0.25) is 0 Å². The van der Waals surface area contributed by atoms with Gasteiger partial charge in [0, 0.05) is 32.3 Å². The lowest BCUT2D eigenvalue weighted by molar-refractivity contribution is 0.151. The minimum atomic E-state index is 0.696. The van der Waals surface area contributed by atoms with Crippen molar-refractivity contribution >= 4 is 11.4 Å². The minimum absolute atomic E-state index is 0.696. The molecule has 6 heteroatoms. The number of allylic oxidation sites excluding steroid dienone is 3. The van der Waals surface area contributed by atoms with Gasteiger partial charge in [0.15, 0.2) is 11.4 Å². The van der Waals surface area contributed by atoms with Crippen LogP contribution in [-0.2, 0) is 0 Å². The molecule has 4 heterocycles. The number of piperazine rings is 1. The predicted octanol–water partition coefficient (Wildman–Crippen LogP) is 1.84. The summed E-state index contributed by atoms with van der Waals surface area (Å²) in [6, 6.07) is 0. The lowest BCUT2D eigenvalue weighted by Gasteiger charge is -2.34. The van der Waals surface area contributed by atoms with E-state index >= 15 is 0 Å². The summed E-state index contributed by atoms with van der Waals surface area (Å²) < 4.78 is 0.696. The van der Waals surface area contributed by atoms with Crippen LogP contribution in [0.25, 0.3) is 5.70 Å². The molecule has 1 aromatic rings. The van der Waals surface area contributed by atoms with E-state index in [0.29, 0.717) is 4.48 Å². The molecule has 0 amide bonds. The maximum atomic E-state index is 6.49. The average Bonchev–Trinajstić information content (AvgIpc) is 2.91. The Bertz CT molecular complexity index is 773. The highest BCUT2D eigenvalue weighted by molar-refractivity contribution is 5.87. The third-order valence-corrected chi connectivity index (χ3v) is 5.92. The lowest BCUT2D eigenvalue weighted by atomic mass is 10.1. The molecule has 1 fully saturated rings. The van der Waals surface area contributed by atoms with Gasteiger partial charge in [-0.3, -0.25) is 0 Å². The number of aromatic nitrogens is 2. The second kappa shape index (κ2) is 6.95. The van der Waals surface area contributed by atoms with Crippen LogP contribution in [-0.4, -0.2) is 66.3 Å². The zero-order valence-corrected chi connectivity index (χ0v) is 15.9. The first kappa shape index (κ1) is 17.4. The van der Waals surface area contributed by atoms with Crippen LogP contribution in [0.4, 0.5) is 5.69 Å². The Kier molecular flexibility index (Phi) is 4.65. The molecule has 26 heavy (non-hydrogen) atoms. The second-order valence-corrected chi connectivity index (χ2v) is 7.64. The fourth-order valence-electron chi connectivity index (χ4n) is 4.45. The van der Waals surface area contributed by atoms with Gasteiger partial charge in [-0.15, -0.1) is 5.10 Å². The summed E-state index contributed by atoms with van der Waals surface area (Å²) in [6.45, 7) is 8.98. The first-order valence-electron chi connectivity index (χ1n) is 9.60. The van der Waals surface area contributed by atoms with Crippen LogP contribution in [0.5, 0.6) is 0 Å². The molecule has 3 aliphatic rings. The Balaban J connectivity index is 1.48. The van der Waals surface area contributed by atoms with Gasteiger partial charge in [0.05, 0.1) is 18.3 Å². The zero-order chi connectivity index (χ0) is 18.1. The van der Waals surface area contributed by atoms with Gasteiger partial charge < -0.3 is 15.5 Å². The van der Waals surface area contributed by atoms with Crippen molar-refractivity contribution in [3.8, 4) is 0 Å². The molecule has 2 N–H and O–H groups in total. The number of rotatable bonds is 5.